The molecule has 4 nitrogen and oxygen atoms in total. The molecule has 1 rings (SSSR count). The average molecular weight is 238 g/mol. The molecule has 0 saturated heterocycles. The minimum atomic E-state index is -1.08. The van der Waals surface area contributed by atoms with Crippen LogP contribution >= 0.6 is 0 Å². The third-order valence-corrected chi connectivity index (χ3v) is 0.487. The molecule has 0 spiro atoms. The number of carbonyl (C=O) groups excluding carboxylic acids is 1. The van der Waals surface area contributed by atoms with Gasteiger partial charge in [-0.05, 0) is 6.92 Å². The molecule has 1 aliphatic rings. The third kappa shape index (κ3) is 15.6. The van der Waals surface area contributed by atoms with E-state index in [1.54, 1.807) is 0 Å². The molecule has 0 N–H and O–H groups in total. The molecule has 10 heavy (non-hydrogen) atoms. The van der Waals surface area contributed by atoms with Crippen molar-refractivity contribution in [3.63, 3.8) is 0 Å². The van der Waals surface area contributed by atoms with Crippen molar-refractivity contribution in [3.05, 3.63) is 0 Å². The number of nitrogens with zero attached hydrogens (tertiary/aromatic N) is 1. The summed E-state index contributed by atoms with van der Waals surface area (Å²) in [6.45, 7) is 2.60. The topological polar surface area (TPSA) is 61.7 Å². The van der Waals surface area contributed by atoms with Gasteiger partial charge in [0.15, 0.2) is 6.40 Å². The van der Waals surface area contributed by atoms with Gasteiger partial charge in [0.1, 0.15) is 6.61 Å². The summed E-state index contributed by atoms with van der Waals surface area (Å²) in [5.41, 5.74) is 0. The number of carboxylic acids is 1. The standard InChI is InChI=1S/C3H5NO.C2H4O2.Ag/c1-2-5-3-4-1;1-2(3)4;/h3H,1-2H2;1H3,(H,3,4);/q;;+1/p-1. The van der Waals surface area contributed by atoms with Crippen molar-refractivity contribution in [2.45, 2.75) is 6.92 Å². The summed E-state index contributed by atoms with van der Waals surface area (Å²) in [6, 6.07) is 0. The predicted octanol–water partition coefficient (Wildman–Crippen LogP) is -1.20. The van der Waals surface area contributed by atoms with Crippen LogP contribution < -0.4 is 5.11 Å². The van der Waals surface area contributed by atoms with Gasteiger partial charge in [0, 0.05) is 5.97 Å². The smallest absolute Gasteiger partial charge is 0.550 e. The maximum Gasteiger partial charge on any atom is 1.00 e. The molecule has 0 amide bonds. The summed E-state index contributed by atoms with van der Waals surface area (Å²) in [6.07, 6.45) is 1.49. The van der Waals surface area contributed by atoms with Gasteiger partial charge in [0.25, 0.3) is 0 Å². The van der Waals surface area contributed by atoms with Crippen LogP contribution in [-0.4, -0.2) is 25.5 Å². The fourth-order valence-corrected chi connectivity index (χ4v) is 0.264. The van der Waals surface area contributed by atoms with E-state index in [0.29, 0.717) is 0 Å². The zero-order chi connectivity index (χ0) is 7.11. The molecule has 0 saturated carbocycles. The first kappa shape index (κ1) is 12.4. The Bertz CT molecular complexity index is 105. The molecular weight excluding hydrogens is 230 g/mol. The van der Waals surface area contributed by atoms with E-state index in [0.717, 1.165) is 20.1 Å². The molecule has 0 aliphatic carbocycles. The van der Waals surface area contributed by atoms with Crippen molar-refractivity contribution < 1.29 is 37.0 Å². The second-order valence-electron chi connectivity index (χ2n) is 1.37. The first-order valence-corrected chi connectivity index (χ1v) is 2.51. The van der Waals surface area contributed by atoms with E-state index in [-0.39, 0.29) is 22.4 Å². The number of aliphatic imine (C=N–C) groups is 1. The minimum Gasteiger partial charge on any atom is -0.550 e. The fraction of sp³-hybridized carbons (Fsp3) is 0.600. The van der Waals surface area contributed by atoms with E-state index in [1.807, 2.05) is 0 Å². The average Bonchev–Trinajstić information content (AvgIpc) is 2.11. The van der Waals surface area contributed by atoms with E-state index in [4.69, 9.17) is 9.90 Å². The molecule has 5 heteroatoms. The van der Waals surface area contributed by atoms with Crippen molar-refractivity contribution in [3.8, 4) is 0 Å². The summed E-state index contributed by atoms with van der Waals surface area (Å²) >= 11 is 0. The van der Waals surface area contributed by atoms with Crippen molar-refractivity contribution in [2.24, 2.45) is 4.99 Å². The maximum atomic E-state index is 8.89. The number of carboxylic acid groups (broad SMARTS) is 1. The van der Waals surface area contributed by atoms with Crippen molar-refractivity contribution in [1.29, 1.82) is 0 Å². The van der Waals surface area contributed by atoms with Crippen LogP contribution in [0.2, 0.25) is 0 Å². The molecular formula is C5H8AgNO3. The van der Waals surface area contributed by atoms with E-state index in [9.17, 15) is 0 Å². The van der Waals surface area contributed by atoms with Gasteiger partial charge >= 0.3 is 22.4 Å². The molecule has 0 unspecified atom stereocenters. The molecule has 62 valence electrons. The maximum absolute atomic E-state index is 8.89. The van der Waals surface area contributed by atoms with E-state index < -0.39 is 5.97 Å². The fourth-order valence-electron chi connectivity index (χ4n) is 0.264. The monoisotopic (exact) mass is 237 g/mol. The van der Waals surface area contributed by atoms with E-state index >= 15 is 0 Å². The largest absolute Gasteiger partial charge is 1.00 e. The number of carbonyl (C=O) groups is 1. The molecule has 0 bridgehead atoms. The number of rotatable bonds is 0. The Morgan fingerprint density at radius 1 is 1.80 bits per heavy atom. The Kier molecular flexibility index (Phi) is 10.7. The number of hydrogen-bond donors (Lipinski definition) is 0. The van der Waals surface area contributed by atoms with Crippen molar-refractivity contribution in [1.82, 2.24) is 0 Å². The summed E-state index contributed by atoms with van der Waals surface area (Å²) in [4.78, 5) is 12.6. The van der Waals surface area contributed by atoms with Gasteiger partial charge in [-0.1, -0.05) is 0 Å². The molecule has 0 radical (unpaired) electrons. The molecule has 1 heterocycles. The van der Waals surface area contributed by atoms with Gasteiger partial charge < -0.3 is 14.6 Å². The third-order valence-electron chi connectivity index (χ3n) is 0.487. The van der Waals surface area contributed by atoms with Crippen LogP contribution in [0.1, 0.15) is 6.92 Å². The normalized spacial score (nSPS) is 12.1. The van der Waals surface area contributed by atoms with Gasteiger partial charge in [-0.25, -0.2) is 0 Å². The Balaban J connectivity index is 0. The second kappa shape index (κ2) is 8.68. The predicted molar refractivity (Wildman–Crippen MR) is 30.0 cm³/mol. The number of hydrogen-bond acceptors (Lipinski definition) is 4. The van der Waals surface area contributed by atoms with Crippen LogP contribution in [0.4, 0.5) is 0 Å². The first-order chi connectivity index (χ1) is 4.23. The minimum absolute atomic E-state index is 0. The zero-order valence-electron chi connectivity index (χ0n) is 5.47. The SMILES string of the molecule is C1=NCCO1.CC(=O)[O-].[Ag+]. The van der Waals surface area contributed by atoms with Crippen LogP contribution in [0.15, 0.2) is 4.99 Å². The van der Waals surface area contributed by atoms with Gasteiger partial charge in [0.05, 0.1) is 6.54 Å². The van der Waals surface area contributed by atoms with Crippen molar-refractivity contribution >= 4 is 12.4 Å². The molecule has 0 aromatic carbocycles. The molecule has 1 aliphatic heterocycles. The zero-order valence-corrected chi connectivity index (χ0v) is 6.95. The summed E-state index contributed by atoms with van der Waals surface area (Å²) in [5.74, 6) is -1.08. The molecule has 0 aromatic heterocycles. The van der Waals surface area contributed by atoms with E-state index in [1.165, 1.54) is 6.40 Å². The second-order valence-corrected chi connectivity index (χ2v) is 1.37. The van der Waals surface area contributed by atoms with Gasteiger partial charge in [-0.3, -0.25) is 4.99 Å². The summed E-state index contributed by atoms with van der Waals surface area (Å²) in [7, 11) is 0. The van der Waals surface area contributed by atoms with Crippen LogP contribution in [0, 0.1) is 0 Å². The van der Waals surface area contributed by atoms with Gasteiger partial charge in [-0.2, -0.15) is 0 Å². The van der Waals surface area contributed by atoms with Crippen molar-refractivity contribution in [2.75, 3.05) is 13.2 Å². The molecule has 0 aromatic rings. The number of aliphatic carboxylic acids is 1. The Morgan fingerprint density at radius 3 is 2.40 bits per heavy atom. The van der Waals surface area contributed by atoms with Gasteiger partial charge in [0.2, 0.25) is 0 Å². The summed E-state index contributed by atoms with van der Waals surface area (Å²) in [5, 5.41) is 8.89. The van der Waals surface area contributed by atoms with Crippen LogP contribution in [-0.2, 0) is 31.9 Å². The Labute approximate surface area is 74.8 Å². The Morgan fingerprint density at radius 2 is 2.30 bits per heavy atom. The molecule has 0 atom stereocenters. The molecule has 0 fully saturated rings. The number of ether oxygens (including phenoxy) is 1. The quantitative estimate of drug-likeness (QED) is 0.498. The van der Waals surface area contributed by atoms with E-state index in [2.05, 4.69) is 9.73 Å². The first-order valence-electron chi connectivity index (χ1n) is 2.51. The summed E-state index contributed by atoms with van der Waals surface area (Å²) < 4.78 is 4.65. The van der Waals surface area contributed by atoms with Crippen LogP contribution in [0.3, 0.4) is 0 Å². The Hall–Kier alpha value is -0.320. The van der Waals surface area contributed by atoms with Crippen LogP contribution in [0.5, 0.6) is 0 Å². The van der Waals surface area contributed by atoms with Crippen LogP contribution in [0.25, 0.3) is 0 Å². The van der Waals surface area contributed by atoms with Gasteiger partial charge in [-0.15, -0.1) is 0 Å².